The molecule has 1 N–H and O–H groups in total. The predicted octanol–water partition coefficient (Wildman–Crippen LogP) is 3.25. The number of hydrogen-bond acceptors (Lipinski definition) is 4. The van der Waals surface area contributed by atoms with E-state index in [-0.39, 0.29) is 5.91 Å². The summed E-state index contributed by atoms with van der Waals surface area (Å²) in [5.41, 5.74) is 4.49. The van der Waals surface area contributed by atoms with Crippen molar-refractivity contribution in [1.29, 1.82) is 0 Å². The summed E-state index contributed by atoms with van der Waals surface area (Å²) in [5.74, 6) is 0.517. The number of rotatable bonds is 6. The Labute approximate surface area is 157 Å². The fourth-order valence-corrected chi connectivity index (χ4v) is 3.45. The molecule has 0 spiro atoms. The van der Waals surface area contributed by atoms with Gasteiger partial charge in [-0.1, -0.05) is 6.07 Å². The molecule has 3 heterocycles. The van der Waals surface area contributed by atoms with Crippen LogP contribution in [0.25, 0.3) is 17.5 Å². The molecule has 1 aliphatic rings. The van der Waals surface area contributed by atoms with Gasteiger partial charge < -0.3 is 9.73 Å². The van der Waals surface area contributed by atoms with Crippen molar-refractivity contribution in [2.75, 3.05) is 6.54 Å². The number of hydrogen-bond donors (Lipinski definition) is 1. The van der Waals surface area contributed by atoms with E-state index >= 15 is 0 Å². The minimum atomic E-state index is -0.141. The van der Waals surface area contributed by atoms with Crippen LogP contribution in [0.3, 0.4) is 0 Å². The van der Waals surface area contributed by atoms with Crippen LogP contribution in [-0.4, -0.2) is 27.2 Å². The fourth-order valence-electron chi connectivity index (χ4n) is 3.45. The molecule has 3 aromatic heterocycles. The number of fused-ring (bicyclic) bond motifs is 1. The lowest BCUT2D eigenvalue weighted by atomic mass is 9.95. The van der Waals surface area contributed by atoms with Gasteiger partial charge in [0.25, 0.3) is 0 Å². The Morgan fingerprint density at radius 1 is 1.22 bits per heavy atom. The van der Waals surface area contributed by atoms with E-state index in [2.05, 4.69) is 10.3 Å². The molecule has 4 rings (SSSR count). The summed E-state index contributed by atoms with van der Waals surface area (Å²) in [6.07, 6.45) is 11.0. The molecule has 0 unspecified atom stereocenters. The lowest BCUT2D eigenvalue weighted by Crippen LogP contribution is -2.26. The predicted molar refractivity (Wildman–Crippen MR) is 103 cm³/mol. The summed E-state index contributed by atoms with van der Waals surface area (Å²) in [5, 5.41) is 7.72. The minimum absolute atomic E-state index is 0.141. The Morgan fingerprint density at radius 2 is 2.15 bits per heavy atom. The number of aromatic nitrogens is 3. The SMILES string of the molecule is O=C(C=Cc1ccco1)NCCn1nc(-c2ccccn2)c2c1CCCC2. The first-order valence-electron chi connectivity index (χ1n) is 9.30. The molecular formula is C21H22N4O2. The number of nitrogens with zero attached hydrogens (tertiary/aromatic N) is 3. The molecule has 6 heteroatoms. The third-order valence-electron chi connectivity index (χ3n) is 4.73. The highest BCUT2D eigenvalue weighted by molar-refractivity contribution is 5.91. The molecule has 3 aromatic rings. The molecule has 0 aromatic carbocycles. The Balaban J connectivity index is 1.43. The molecule has 0 radical (unpaired) electrons. The normalized spacial score (nSPS) is 13.6. The summed E-state index contributed by atoms with van der Waals surface area (Å²) >= 11 is 0. The molecule has 0 atom stereocenters. The topological polar surface area (TPSA) is 73.0 Å². The quantitative estimate of drug-likeness (QED) is 0.683. The van der Waals surface area contributed by atoms with E-state index in [1.54, 1.807) is 30.7 Å². The summed E-state index contributed by atoms with van der Waals surface area (Å²) in [7, 11) is 0. The lowest BCUT2D eigenvalue weighted by molar-refractivity contribution is -0.116. The van der Waals surface area contributed by atoms with Crippen LogP contribution in [0.4, 0.5) is 0 Å². The summed E-state index contributed by atoms with van der Waals surface area (Å²) in [4.78, 5) is 16.4. The van der Waals surface area contributed by atoms with Crippen molar-refractivity contribution in [3.63, 3.8) is 0 Å². The van der Waals surface area contributed by atoms with E-state index < -0.39 is 0 Å². The molecule has 138 valence electrons. The van der Waals surface area contributed by atoms with Crippen molar-refractivity contribution in [3.8, 4) is 11.4 Å². The second-order valence-electron chi connectivity index (χ2n) is 6.56. The number of amides is 1. The maximum absolute atomic E-state index is 12.0. The van der Waals surface area contributed by atoms with E-state index in [1.165, 1.54) is 30.2 Å². The molecule has 0 saturated carbocycles. The lowest BCUT2D eigenvalue weighted by Gasteiger charge is -2.14. The average molecular weight is 362 g/mol. The number of carbonyl (C=O) groups is 1. The van der Waals surface area contributed by atoms with Crippen molar-refractivity contribution in [2.45, 2.75) is 32.2 Å². The van der Waals surface area contributed by atoms with E-state index in [0.29, 0.717) is 18.8 Å². The van der Waals surface area contributed by atoms with Gasteiger partial charge in [-0.15, -0.1) is 0 Å². The monoisotopic (exact) mass is 362 g/mol. The van der Waals surface area contributed by atoms with Crippen LogP contribution < -0.4 is 5.32 Å². The van der Waals surface area contributed by atoms with Crippen LogP contribution in [-0.2, 0) is 24.2 Å². The smallest absolute Gasteiger partial charge is 0.244 e. The molecular weight excluding hydrogens is 340 g/mol. The molecule has 1 aliphatic carbocycles. The van der Waals surface area contributed by atoms with Crippen LogP contribution in [0.5, 0.6) is 0 Å². The van der Waals surface area contributed by atoms with E-state index in [0.717, 1.165) is 24.2 Å². The highest BCUT2D eigenvalue weighted by Crippen LogP contribution is 2.30. The van der Waals surface area contributed by atoms with Gasteiger partial charge in [-0.3, -0.25) is 14.5 Å². The second kappa shape index (κ2) is 8.03. The van der Waals surface area contributed by atoms with E-state index in [9.17, 15) is 4.79 Å². The van der Waals surface area contributed by atoms with Crippen LogP contribution >= 0.6 is 0 Å². The maximum atomic E-state index is 12.0. The van der Waals surface area contributed by atoms with Crippen LogP contribution in [0.1, 0.15) is 29.9 Å². The van der Waals surface area contributed by atoms with E-state index in [4.69, 9.17) is 9.52 Å². The number of nitrogens with one attached hydrogen (secondary N) is 1. The van der Waals surface area contributed by atoms with Gasteiger partial charge >= 0.3 is 0 Å². The van der Waals surface area contributed by atoms with Crippen LogP contribution in [0.2, 0.25) is 0 Å². The zero-order valence-electron chi connectivity index (χ0n) is 15.1. The zero-order chi connectivity index (χ0) is 18.5. The Hall–Kier alpha value is -3.15. The third-order valence-corrected chi connectivity index (χ3v) is 4.73. The molecule has 27 heavy (non-hydrogen) atoms. The first-order valence-corrected chi connectivity index (χ1v) is 9.30. The van der Waals surface area contributed by atoms with Crippen molar-refractivity contribution in [2.24, 2.45) is 0 Å². The Morgan fingerprint density at radius 3 is 2.96 bits per heavy atom. The van der Waals surface area contributed by atoms with Gasteiger partial charge in [-0.05, 0) is 56.0 Å². The van der Waals surface area contributed by atoms with Gasteiger partial charge in [0.15, 0.2) is 0 Å². The molecule has 6 nitrogen and oxygen atoms in total. The van der Waals surface area contributed by atoms with Crippen molar-refractivity contribution >= 4 is 12.0 Å². The third kappa shape index (κ3) is 4.00. The molecule has 1 amide bonds. The zero-order valence-corrected chi connectivity index (χ0v) is 15.1. The maximum Gasteiger partial charge on any atom is 0.244 e. The van der Waals surface area contributed by atoms with Crippen LogP contribution in [0.15, 0.2) is 53.3 Å². The van der Waals surface area contributed by atoms with E-state index in [1.807, 2.05) is 22.9 Å². The van der Waals surface area contributed by atoms with Crippen molar-refractivity contribution in [3.05, 3.63) is 65.9 Å². The van der Waals surface area contributed by atoms with Crippen LogP contribution in [0, 0.1) is 0 Å². The first kappa shape index (κ1) is 17.3. The minimum Gasteiger partial charge on any atom is -0.465 e. The highest BCUT2D eigenvalue weighted by atomic mass is 16.3. The first-order chi connectivity index (χ1) is 13.3. The molecule has 0 saturated heterocycles. The molecule has 0 fully saturated rings. The number of carbonyl (C=O) groups excluding carboxylic acids is 1. The van der Waals surface area contributed by atoms with Gasteiger partial charge in [-0.2, -0.15) is 5.10 Å². The Kier molecular flexibility index (Phi) is 5.14. The van der Waals surface area contributed by atoms with Crippen molar-refractivity contribution in [1.82, 2.24) is 20.1 Å². The number of furan rings is 1. The van der Waals surface area contributed by atoms with Gasteiger partial charge in [0.1, 0.15) is 11.5 Å². The van der Waals surface area contributed by atoms with Gasteiger partial charge in [-0.25, -0.2) is 0 Å². The number of pyridine rings is 1. The standard InChI is InChI=1S/C21H22N4O2/c26-20(11-10-16-6-5-15-27-16)23-13-14-25-19-9-2-1-7-17(19)21(24-25)18-8-3-4-12-22-18/h3-6,8,10-12,15H,1-2,7,9,13-14H2,(H,23,26). The summed E-state index contributed by atoms with van der Waals surface area (Å²) < 4.78 is 7.21. The Bertz CT molecular complexity index is 927. The highest BCUT2D eigenvalue weighted by Gasteiger charge is 2.22. The van der Waals surface area contributed by atoms with Gasteiger partial charge in [0.2, 0.25) is 5.91 Å². The second-order valence-corrected chi connectivity index (χ2v) is 6.56. The summed E-state index contributed by atoms with van der Waals surface area (Å²) in [6.45, 7) is 1.17. The van der Waals surface area contributed by atoms with Gasteiger partial charge in [0, 0.05) is 30.1 Å². The average Bonchev–Trinajstić information content (AvgIpc) is 3.35. The largest absolute Gasteiger partial charge is 0.465 e. The molecule has 0 bridgehead atoms. The summed E-state index contributed by atoms with van der Waals surface area (Å²) in [6, 6.07) is 9.50. The molecule has 0 aliphatic heterocycles. The van der Waals surface area contributed by atoms with Crippen molar-refractivity contribution < 1.29 is 9.21 Å². The van der Waals surface area contributed by atoms with Gasteiger partial charge in [0.05, 0.1) is 18.5 Å². The fraction of sp³-hybridized carbons (Fsp3) is 0.286.